The number of carboxylic acid groups (broad SMARTS) is 1. The van der Waals surface area contributed by atoms with Crippen LogP contribution >= 0.6 is 47.8 Å². The molecule has 1 heterocycles. The van der Waals surface area contributed by atoms with Crippen LogP contribution in [0.5, 0.6) is 0 Å². The predicted molar refractivity (Wildman–Crippen MR) is 105 cm³/mol. The highest BCUT2D eigenvalue weighted by Crippen LogP contribution is 2.42. The van der Waals surface area contributed by atoms with Gasteiger partial charge in [0.15, 0.2) is 0 Å². The van der Waals surface area contributed by atoms with Gasteiger partial charge in [-0.2, -0.15) is 0 Å². The van der Waals surface area contributed by atoms with E-state index in [1.54, 1.807) is 24.3 Å². The van der Waals surface area contributed by atoms with Gasteiger partial charge in [0.2, 0.25) is 11.6 Å². The van der Waals surface area contributed by atoms with Crippen molar-refractivity contribution in [2.24, 2.45) is 0 Å². The molecule has 0 spiro atoms. The summed E-state index contributed by atoms with van der Waals surface area (Å²) in [5.74, 6) is -0.767. The number of rotatable bonds is 2. The van der Waals surface area contributed by atoms with E-state index in [1.807, 2.05) is 6.92 Å². The van der Waals surface area contributed by atoms with Crippen LogP contribution in [0.25, 0.3) is 16.5 Å². The molecule has 1 aliphatic rings. The van der Waals surface area contributed by atoms with Crippen LogP contribution in [0.4, 0.5) is 4.79 Å². The topological polar surface area (TPSA) is 76.4 Å². The van der Waals surface area contributed by atoms with Gasteiger partial charge in [-0.25, -0.2) is 9.36 Å². The highest BCUT2D eigenvalue weighted by Gasteiger charge is 2.35. The van der Waals surface area contributed by atoms with E-state index in [9.17, 15) is 19.5 Å². The van der Waals surface area contributed by atoms with Crippen molar-refractivity contribution in [2.45, 2.75) is 13.3 Å². The second-order valence-electron chi connectivity index (χ2n) is 5.29. The molecule has 2 aromatic rings. The zero-order valence-electron chi connectivity index (χ0n) is 12.8. The smallest absolute Gasteiger partial charge is 0.416 e. The van der Waals surface area contributed by atoms with Crippen molar-refractivity contribution in [1.82, 2.24) is 4.57 Å². The molecule has 0 amide bonds. The van der Waals surface area contributed by atoms with Gasteiger partial charge >= 0.3 is 6.09 Å². The number of para-hydroxylation sites is 1. The average Bonchev–Trinajstić information content (AvgIpc) is 2.93. The van der Waals surface area contributed by atoms with Crippen molar-refractivity contribution >= 4 is 81.9 Å². The van der Waals surface area contributed by atoms with Crippen molar-refractivity contribution in [3.05, 3.63) is 49.0 Å². The van der Waals surface area contributed by atoms with E-state index in [2.05, 4.69) is 47.8 Å². The van der Waals surface area contributed by atoms with Gasteiger partial charge in [-0.05, 0) is 60.3 Å². The number of Topliss-reactive ketones (excluding diaryl/α,β-unsaturated/α-hetero) is 2. The second kappa shape index (κ2) is 6.66. The first-order valence-electron chi connectivity index (χ1n) is 7.21. The normalized spacial score (nSPS) is 15.5. The van der Waals surface area contributed by atoms with Crippen molar-refractivity contribution in [3.63, 3.8) is 0 Å². The Morgan fingerprint density at radius 1 is 1.04 bits per heavy atom. The number of aromatic nitrogens is 1. The van der Waals surface area contributed by atoms with Gasteiger partial charge in [0, 0.05) is 16.6 Å². The fraction of sp³-hybridized carbons (Fsp3) is 0.118. The molecule has 0 aliphatic heterocycles. The zero-order valence-corrected chi connectivity index (χ0v) is 17.5. The van der Waals surface area contributed by atoms with Crippen LogP contribution in [0.3, 0.4) is 0 Å². The van der Waals surface area contributed by atoms with Gasteiger partial charge in [-0.15, -0.1) is 0 Å². The predicted octanol–water partition coefficient (Wildman–Crippen LogP) is 4.99. The third-order valence-corrected chi connectivity index (χ3v) is 6.79. The van der Waals surface area contributed by atoms with Crippen LogP contribution < -0.4 is 0 Å². The van der Waals surface area contributed by atoms with Gasteiger partial charge in [0.05, 0.1) is 24.5 Å². The maximum Gasteiger partial charge on any atom is 0.416 e. The Bertz CT molecular complexity index is 1030. The van der Waals surface area contributed by atoms with Crippen LogP contribution in [0, 0.1) is 0 Å². The number of carbonyl (C=O) groups is 3. The SMILES string of the molecule is CCc1c(C2=C(Br)C(=O)C(Br)=C(Br)C2=O)c2ccccc2n1C(=O)O. The van der Waals surface area contributed by atoms with Crippen LogP contribution in [0.1, 0.15) is 18.2 Å². The summed E-state index contributed by atoms with van der Waals surface area (Å²) >= 11 is 9.50. The zero-order chi connectivity index (χ0) is 18.5. The Balaban J connectivity index is 2.47. The van der Waals surface area contributed by atoms with Gasteiger partial charge in [-0.1, -0.05) is 25.1 Å². The fourth-order valence-electron chi connectivity index (χ4n) is 2.97. The molecule has 0 radical (unpaired) electrons. The van der Waals surface area contributed by atoms with E-state index in [0.717, 1.165) is 4.57 Å². The molecular weight excluding hydrogens is 522 g/mol. The molecule has 3 rings (SSSR count). The number of benzene rings is 1. The maximum absolute atomic E-state index is 12.9. The summed E-state index contributed by atoms with van der Waals surface area (Å²) in [7, 11) is 0. The molecule has 25 heavy (non-hydrogen) atoms. The van der Waals surface area contributed by atoms with Crippen LogP contribution in [0.2, 0.25) is 0 Å². The monoisotopic (exact) mass is 529 g/mol. The number of hydrogen-bond acceptors (Lipinski definition) is 3. The van der Waals surface area contributed by atoms with Crippen molar-refractivity contribution in [2.75, 3.05) is 0 Å². The molecule has 0 saturated heterocycles. The molecule has 8 heteroatoms. The number of carbonyl (C=O) groups excluding carboxylic acids is 2. The Hall–Kier alpha value is -1.51. The van der Waals surface area contributed by atoms with E-state index in [1.165, 1.54) is 0 Å². The second-order valence-corrected chi connectivity index (χ2v) is 7.66. The number of allylic oxidation sites excluding steroid dienone is 4. The summed E-state index contributed by atoms with van der Waals surface area (Å²) in [6, 6.07) is 6.92. The summed E-state index contributed by atoms with van der Waals surface area (Å²) in [6.07, 6.45) is -0.759. The first kappa shape index (κ1) is 18.3. The minimum atomic E-state index is -1.14. The van der Waals surface area contributed by atoms with Gasteiger partial charge in [-0.3, -0.25) is 9.59 Å². The Morgan fingerprint density at radius 3 is 2.24 bits per heavy atom. The Morgan fingerprint density at radius 2 is 1.64 bits per heavy atom. The summed E-state index contributed by atoms with van der Waals surface area (Å²) in [5.41, 5.74) is 1.55. The lowest BCUT2D eigenvalue weighted by Crippen LogP contribution is -2.18. The third kappa shape index (κ3) is 2.67. The summed E-state index contributed by atoms with van der Waals surface area (Å²) in [5, 5.41) is 10.2. The lowest BCUT2D eigenvalue weighted by atomic mass is 9.93. The fourth-order valence-corrected chi connectivity index (χ4v) is 4.57. The van der Waals surface area contributed by atoms with Crippen LogP contribution in [-0.2, 0) is 16.0 Å². The molecule has 0 atom stereocenters. The standard InChI is InChI=1S/C17H10Br3NO4/c1-2-8-10(7-5-3-4-6-9(7)21(8)17(24)25)11-12(18)16(23)14(20)13(19)15(11)22/h3-6H,2H2,1H3,(H,24,25). The molecule has 0 unspecified atom stereocenters. The van der Waals surface area contributed by atoms with E-state index in [4.69, 9.17) is 0 Å². The number of fused-ring (bicyclic) bond motifs is 1. The number of hydrogen-bond donors (Lipinski definition) is 1. The van der Waals surface area contributed by atoms with Crippen molar-refractivity contribution in [3.8, 4) is 0 Å². The first-order chi connectivity index (χ1) is 11.8. The molecule has 0 fully saturated rings. The lowest BCUT2D eigenvalue weighted by Gasteiger charge is -2.16. The molecule has 128 valence electrons. The number of nitrogens with zero attached hydrogens (tertiary/aromatic N) is 1. The number of ketones is 2. The van der Waals surface area contributed by atoms with E-state index in [0.29, 0.717) is 28.6 Å². The minimum Gasteiger partial charge on any atom is -0.464 e. The Kier molecular flexibility index (Phi) is 4.87. The van der Waals surface area contributed by atoms with Crippen molar-refractivity contribution in [1.29, 1.82) is 0 Å². The lowest BCUT2D eigenvalue weighted by molar-refractivity contribution is -0.113. The van der Waals surface area contributed by atoms with E-state index in [-0.39, 0.29) is 30.6 Å². The van der Waals surface area contributed by atoms with Crippen LogP contribution in [-0.4, -0.2) is 27.3 Å². The highest BCUT2D eigenvalue weighted by molar-refractivity contribution is 9.15. The largest absolute Gasteiger partial charge is 0.464 e. The molecule has 1 aromatic heterocycles. The van der Waals surface area contributed by atoms with Gasteiger partial charge in [0.1, 0.15) is 0 Å². The summed E-state index contributed by atoms with van der Waals surface area (Å²) in [4.78, 5) is 37.1. The Labute approximate surface area is 167 Å². The number of halogens is 3. The third-order valence-electron chi connectivity index (χ3n) is 3.99. The maximum atomic E-state index is 12.9. The van der Waals surface area contributed by atoms with E-state index < -0.39 is 6.09 Å². The minimum absolute atomic E-state index is 0.107. The molecule has 0 bridgehead atoms. The summed E-state index contributed by atoms with van der Waals surface area (Å²) < 4.78 is 1.52. The van der Waals surface area contributed by atoms with Crippen molar-refractivity contribution < 1.29 is 19.5 Å². The molecule has 1 N–H and O–H groups in total. The van der Waals surface area contributed by atoms with Crippen LogP contribution in [0.15, 0.2) is 37.7 Å². The summed E-state index contributed by atoms with van der Waals surface area (Å²) in [6.45, 7) is 1.81. The van der Waals surface area contributed by atoms with Gasteiger partial charge in [0.25, 0.3) is 0 Å². The average molecular weight is 532 g/mol. The first-order valence-corrected chi connectivity index (χ1v) is 9.59. The highest BCUT2D eigenvalue weighted by atomic mass is 79.9. The molecule has 1 aromatic carbocycles. The van der Waals surface area contributed by atoms with E-state index >= 15 is 0 Å². The quantitative estimate of drug-likeness (QED) is 0.554. The molecule has 1 aliphatic carbocycles. The molecule has 5 nitrogen and oxygen atoms in total. The molecular formula is C17H10Br3NO4. The van der Waals surface area contributed by atoms with Gasteiger partial charge < -0.3 is 5.11 Å². The molecule has 0 saturated carbocycles.